The zero-order valence-electron chi connectivity index (χ0n) is 8.73. The van der Waals surface area contributed by atoms with E-state index in [1.165, 1.54) is 17.1 Å². The van der Waals surface area contributed by atoms with E-state index in [4.69, 9.17) is 17.3 Å². The van der Waals surface area contributed by atoms with Crippen molar-refractivity contribution in [2.24, 2.45) is 0 Å². The molecular weight excluding hydrogens is 305 g/mol. The average Bonchev–Trinajstić information content (AvgIpc) is 2.30. The molecule has 0 radical (unpaired) electrons. The van der Waals surface area contributed by atoms with E-state index in [0.29, 0.717) is 21.7 Å². The number of benzene rings is 1. The van der Waals surface area contributed by atoms with Gasteiger partial charge in [-0.2, -0.15) is 0 Å². The van der Waals surface area contributed by atoms with Crippen LogP contribution in [0.1, 0.15) is 5.56 Å². The van der Waals surface area contributed by atoms with Crippen LogP contribution >= 0.6 is 27.5 Å². The fourth-order valence-corrected chi connectivity index (χ4v) is 1.96. The van der Waals surface area contributed by atoms with Crippen molar-refractivity contribution >= 4 is 33.2 Å². The predicted octanol–water partition coefficient (Wildman–Crippen LogP) is 2.29. The van der Waals surface area contributed by atoms with Gasteiger partial charge in [-0.25, -0.2) is 4.98 Å². The Labute approximate surface area is 111 Å². The normalized spacial score (nSPS) is 10.5. The summed E-state index contributed by atoms with van der Waals surface area (Å²) < 4.78 is 1.88. The average molecular weight is 315 g/mol. The van der Waals surface area contributed by atoms with Crippen molar-refractivity contribution < 1.29 is 0 Å². The van der Waals surface area contributed by atoms with Crippen LogP contribution in [-0.4, -0.2) is 9.55 Å². The van der Waals surface area contributed by atoms with Crippen molar-refractivity contribution in [2.75, 3.05) is 5.73 Å². The molecule has 1 aromatic heterocycles. The molecule has 4 nitrogen and oxygen atoms in total. The highest BCUT2D eigenvalue weighted by Crippen LogP contribution is 2.19. The number of hydrogen-bond acceptors (Lipinski definition) is 3. The third-order valence-corrected chi connectivity index (χ3v) is 3.18. The maximum absolute atomic E-state index is 11.8. The minimum Gasteiger partial charge on any atom is -0.399 e. The zero-order valence-corrected chi connectivity index (χ0v) is 11.1. The molecule has 1 aromatic carbocycles. The monoisotopic (exact) mass is 313 g/mol. The van der Waals surface area contributed by atoms with Crippen LogP contribution in [0.15, 0.2) is 40.0 Å². The third-order valence-electron chi connectivity index (χ3n) is 2.27. The third kappa shape index (κ3) is 2.68. The molecule has 0 atom stereocenters. The fourth-order valence-electron chi connectivity index (χ4n) is 1.44. The summed E-state index contributed by atoms with van der Waals surface area (Å²) in [6, 6.07) is 5.17. The molecule has 2 rings (SSSR count). The summed E-state index contributed by atoms with van der Waals surface area (Å²) in [6.45, 7) is 0.342. The number of nitrogen functional groups attached to an aromatic ring is 1. The van der Waals surface area contributed by atoms with Crippen LogP contribution in [0.2, 0.25) is 5.02 Å². The van der Waals surface area contributed by atoms with Gasteiger partial charge in [-0.1, -0.05) is 11.6 Å². The van der Waals surface area contributed by atoms with Gasteiger partial charge < -0.3 is 5.73 Å². The van der Waals surface area contributed by atoms with E-state index in [0.717, 1.165) is 5.56 Å². The van der Waals surface area contributed by atoms with E-state index >= 15 is 0 Å². The lowest BCUT2D eigenvalue weighted by Crippen LogP contribution is -2.21. The Morgan fingerprint density at radius 2 is 2.24 bits per heavy atom. The summed E-state index contributed by atoms with van der Waals surface area (Å²) in [5, 5.41) is 0.575. The van der Waals surface area contributed by atoms with Gasteiger partial charge >= 0.3 is 0 Å². The smallest absolute Gasteiger partial charge is 0.267 e. The number of nitrogens with zero attached hydrogens (tertiary/aromatic N) is 2. The SMILES string of the molecule is Nc1ccc(Cl)c(Cn2cncc(Br)c2=O)c1. The summed E-state index contributed by atoms with van der Waals surface area (Å²) >= 11 is 9.17. The first-order valence-electron chi connectivity index (χ1n) is 4.82. The molecule has 0 spiro atoms. The summed E-state index contributed by atoms with van der Waals surface area (Å²) in [5.41, 5.74) is 6.92. The van der Waals surface area contributed by atoms with Crippen molar-refractivity contribution in [1.82, 2.24) is 9.55 Å². The lowest BCUT2D eigenvalue weighted by Gasteiger charge is -2.08. The molecule has 1 heterocycles. The number of anilines is 1. The van der Waals surface area contributed by atoms with Crippen LogP contribution in [0, 0.1) is 0 Å². The molecule has 0 bridgehead atoms. The van der Waals surface area contributed by atoms with E-state index in [2.05, 4.69) is 20.9 Å². The van der Waals surface area contributed by atoms with Crippen LogP contribution in [0.5, 0.6) is 0 Å². The number of nitrogens with two attached hydrogens (primary N) is 1. The minimum absolute atomic E-state index is 0.154. The second kappa shape index (κ2) is 4.89. The van der Waals surface area contributed by atoms with Crippen molar-refractivity contribution in [1.29, 1.82) is 0 Å². The summed E-state index contributed by atoms with van der Waals surface area (Å²) in [5.74, 6) is 0. The highest BCUT2D eigenvalue weighted by atomic mass is 79.9. The topological polar surface area (TPSA) is 60.9 Å². The highest BCUT2D eigenvalue weighted by molar-refractivity contribution is 9.10. The van der Waals surface area contributed by atoms with Gasteiger partial charge in [0.1, 0.15) is 4.47 Å². The Morgan fingerprint density at radius 3 is 3.00 bits per heavy atom. The van der Waals surface area contributed by atoms with Gasteiger partial charge in [0.05, 0.1) is 12.9 Å². The second-order valence-electron chi connectivity index (χ2n) is 3.53. The van der Waals surface area contributed by atoms with Crippen molar-refractivity contribution in [3.05, 3.63) is 56.1 Å². The first-order chi connectivity index (χ1) is 8.08. The Morgan fingerprint density at radius 1 is 1.47 bits per heavy atom. The Bertz CT molecular complexity index is 612. The Kier molecular flexibility index (Phi) is 3.49. The highest BCUT2D eigenvalue weighted by Gasteiger charge is 2.05. The van der Waals surface area contributed by atoms with E-state index in [9.17, 15) is 4.79 Å². The number of hydrogen-bond donors (Lipinski definition) is 1. The Balaban J connectivity index is 2.41. The van der Waals surface area contributed by atoms with Gasteiger partial charge in [0.25, 0.3) is 5.56 Å². The van der Waals surface area contributed by atoms with Gasteiger partial charge in [0.15, 0.2) is 0 Å². The number of halogens is 2. The molecule has 2 aromatic rings. The Hall–Kier alpha value is -1.33. The molecule has 0 aliphatic rings. The maximum atomic E-state index is 11.8. The molecule has 88 valence electrons. The fraction of sp³-hybridized carbons (Fsp3) is 0.0909. The number of rotatable bonds is 2. The second-order valence-corrected chi connectivity index (χ2v) is 4.79. The van der Waals surface area contributed by atoms with Crippen LogP contribution in [0.4, 0.5) is 5.69 Å². The molecule has 0 saturated carbocycles. The van der Waals surface area contributed by atoms with E-state index in [1.54, 1.807) is 18.2 Å². The quantitative estimate of drug-likeness (QED) is 0.865. The minimum atomic E-state index is -0.154. The molecule has 17 heavy (non-hydrogen) atoms. The summed E-state index contributed by atoms with van der Waals surface area (Å²) in [4.78, 5) is 15.7. The van der Waals surface area contributed by atoms with Crippen LogP contribution in [0.3, 0.4) is 0 Å². The summed E-state index contributed by atoms with van der Waals surface area (Å²) in [6.07, 6.45) is 2.92. The van der Waals surface area contributed by atoms with Crippen LogP contribution < -0.4 is 11.3 Å². The van der Waals surface area contributed by atoms with Crippen molar-refractivity contribution in [2.45, 2.75) is 6.54 Å². The van der Waals surface area contributed by atoms with E-state index in [1.807, 2.05) is 0 Å². The summed E-state index contributed by atoms with van der Waals surface area (Å²) in [7, 11) is 0. The molecule has 0 unspecified atom stereocenters. The van der Waals surface area contributed by atoms with Crippen LogP contribution in [-0.2, 0) is 6.54 Å². The molecule has 0 aliphatic carbocycles. The molecule has 6 heteroatoms. The van der Waals surface area contributed by atoms with Crippen LogP contribution in [0.25, 0.3) is 0 Å². The first-order valence-corrected chi connectivity index (χ1v) is 5.99. The number of aromatic nitrogens is 2. The van der Waals surface area contributed by atoms with Gasteiger partial charge in [-0.15, -0.1) is 0 Å². The lowest BCUT2D eigenvalue weighted by molar-refractivity contribution is 0.731. The first kappa shape index (κ1) is 12.1. The molecule has 2 N–H and O–H groups in total. The van der Waals surface area contributed by atoms with Gasteiger partial charge in [0.2, 0.25) is 0 Å². The maximum Gasteiger partial charge on any atom is 0.267 e. The molecule has 0 fully saturated rings. The van der Waals surface area contributed by atoms with Crippen molar-refractivity contribution in [3.63, 3.8) is 0 Å². The molecule has 0 amide bonds. The largest absolute Gasteiger partial charge is 0.399 e. The molecular formula is C11H9BrClN3O. The molecule has 0 saturated heterocycles. The van der Waals surface area contributed by atoms with Gasteiger partial charge in [0, 0.05) is 16.9 Å². The molecule has 0 aliphatic heterocycles. The zero-order chi connectivity index (χ0) is 12.4. The standard InChI is InChI=1S/C11H9BrClN3O/c12-9-4-15-6-16(11(9)17)5-7-3-8(14)1-2-10(7)13/h1-4,6H,5,14H2. The lowest BCUT2D eigenvalue weighted by atomic mass is 10.2. The van der Waals surface area contributed by atoms with Crippen molar-refractivity contribution in [3.8, 4) is 0 Å². The predicted molar refractivity (Wildman–Crippen MR) is 71.2 cm³/mol. The van der Waals surface area contributed by atoms with E-state index in [-0.39, 0.29) is 5.56 Å². The van der Waals surface area contributed by atoms with Gasteiger partial charge in [-0.05, 0) is 39.7 Å². The van der Waals surface area contributed by atoms with Gasteiger partial charge in [-0.3, -0.25) is 9.36 Å². The van der Waals surface area contributed by atoms with E-state index < -0.39 is 0 Å².